The summed E-state index contributed by atoms with van der Waals surface area (Å²) < 4.78 is 28.3. The summed E-state index contributed by atoms with van der Waals surface area (Å²) in [6.07, 6.45) is 0.917. The van der Waals surface area contributed by atoms with E-state index in [4.69, 9.17) is 15.6 Å². The summed E-state index contributed by atoms with van der Waals surface area (Å²) in [5, 5.41) is 9.11. The van der Waals surface area contributed by atoms with Gasteiger partial charge in [0.2, 0.25) is 0 Å². The zero-order valence-electron chi connectivity index (χ0n) is 10.7. The third-order valence-electron chi connectivity index (χ3n) is 3.11. The van der Waals surface area contributed by atoms with Crippen molar-refractivity contribution < 1.29 is 18.3 Å². The SMILES string of the molecule is CS(=O)(=O)c1ccc(N2CCOC(CO)C2)c(N)c1. The maximum atomic E-state index is 11.4. The van der Waals surface area contributed by atoms with Crippen molar-refractivity contribution in [3.8, 4) is 0 Å². The molecule has 1 fully saturated rings. The highest BCUT2D eigenvalue weighted by Gasteiger charge is 2.22. The smallest absolute Gasteiger partial charge is 0.175 e. The molecule has 106 valence electrons. The Hall–Kier alpha value is -1.31. The minimum Gasteiger partial charge on any atom is -0.397 e. The van der Waals surface area contributed by atoms with Gasteiger partial charge in [-0.1, -0.05) is 0 Å². The average molecular weight is 286 g/mol. The largest absolute Gasteiger partial charge is 0.397 e. The number of sulfone groups is 1. The number of nitrogen functional groups attached to an aromatic ring is 1. The summed E-state index contributed by atoms with van der Waals surface area (Å²) in [5.41, 5.74) is 7.12. The van der Waals surface area contributed by atoms with Crippen LogP contribution in [0, 0.1) is 0 Å². The summed E-state index contributed by atoms with van der Waals surface area (Å²) in [4.78, 5) is 2.20. The van der Waals surface area contributed by atoms with Crippen LogP contribution in [0.1, 0.15) is 0 Å². The number of hydrogen-bond donors (Lipinski definition) is 2. The Morgan fingerprint density at radius 3 is 2.84 bits per heavy atom. The van der Waals surface area contributed by atoms with Crippen LogP contribution in [0.2, 0.25) is 0 Å². The maximum Gasteiger partial charge on any atom is 0.175 e. The van der Waals surface area contributed by atoms with Gasteiger partial charge in [0.25, 0.3) is 0 Å². The number of nitrogens with zero attached hydrogens (tertiary/aromatic N) is 1. The first-order chi connectivity index (χ1) is 8.91. The van der Waals surface area contributed by atoms with Crippen molar-refractivity contribution >= 4 is 21.2 Å². The number of benzene rings is 1. The maximum absolute atomic E-state index is 11.4. The van der Waals surface area contributed by atoms with Crippen LogP contribution in [0.15, 0.2) is 23.1 Å². The Kier molecular flexibility index (Phi) is 3.98. The van der Waals surface area contributed by atoms with E-state index < -0.39 is 9.84 Å². The number of aliphatic hydroxyl groups excluding tert-OH is 1. The van der Waals surface area contributed by atoms with E-state index in [2.05, 4.69) is 0 Å². The van der Waals surface area contributed by atoms with Gasteiger partial charge in [-0.3, -0.25) is 0 Å². The van der Waals surface area contributed by atoms with Crippen LogP contribution < -0.4 is 10.6 Å². The highest BCUT2D eigenvalue weighted by atomic mass is 32.2. The molecule has 1 aliphatic heterocycles. The Bertz CT molecular complexity index is 559. The van der Waals surface area contributed by atoms with Crippen LogP contribution in [0.5, 0.6) is 0 Å². The Morgan fingerprint density at radius 2 is 2.26 bits per heavy atom. The molecule has 1 atom stereocenters. The highest BCUT2D eigenvalue weighted by Crippen LogP contribution is 2.27. The molecule has 1 unspecified atom stereocenters. The molecule has 0 amide bonds. The molecule has 3 N–H and O–H groups in total. The predicted molar refractivity (Wildman–Crippen MR) is 73.0 cm³/mol. The summed E-state index contributed by atoms with van der Waals surface area (Å²) in [6.45, 7) is 1.67. The number of hydrogen-bond acceptors (Lipinski definition) is 6. The standard InChI is InChI=1S/C12H18N2O4S/c1-19(16,17)10-2-3-12(11(13)6-10)14-4-5-18-9(7-14)8-15/h2-3,6,9,15H,4-5,7-8,13H2,1H3. The number of aliphatic hydroxyl groups is 1. The van der Waals surface area contributed by atoms with Crippen molar-refractivity contribution in [2.24, 2.45) is 0 Å². The predicted octanol–water partition coefficient (Wildman–Crippen LogP) is -0.130. The van der Waals surface area contributed by atoms with Gasteiger partial charge in [0, 0.05) is 19.3 Å². The molecule has 1 saturated heterocycles. The van der Waals surface area contributed by atoms with Gasteiger partial charge < -0.3 is 20.5 Å². The van der Waals surface area contributed by atoms with Crippen molar-refractivity contribution in [2.45, 2.75) is 11.0 Å². The first kappa shape index (κ1) is 14.1. The Morgan fingerprint density at radius 1 is 1.53 bits per heavy atom. The van der Waals surface area contributed by atoms with Crippen LogP contribution >= 0.6 is 0 Å². The molecule has 0 radical (unpaired) electrons. The lowest BCUT2D eigenvalue weighted by Crippen LogP contribution is -2.44. The zero-order chi connectivity index (χ0) is 14.0. The quantitative estimate of drug-likeness (QED) is 0.752. The zero-order valence-corrected chi connectivity index (χ0v) is 11.6. The molecular formula is C12H18N2O4S. The van der Waals surface area contributed by atoms with Crippen molar-refractivity contribution in [1.82, 2.24) is 0 Å². The molecule has 0 aliphatic carbocycles. The first-order valence-electron chi connectivity index (χ1n) is 5.99. The van der Waals surface area contributed by atoms with E-state index in [1.54, 1.807) is 12.1 Å². The highest BCUT2D eigenvalue weighted by molar-refractivity contribution is 7.90. The average Bonchev–Trinajstić information content (AvgIpc) is 2.37. The minimum absolute atomic E-state index is 0.0438. The molecule has 0 saturated carbocycles. The molecule has 0 bridgehead atoms. The lowest BCUT2D eigenvalue weighted by Gasteiger charge is -2.34. The van der Waals surface area contributed by atoms with Gasteiger partial charge in [0.15, 0.2) is 9.84 Å². The molecule has 7 heteroatoms. The second-order valence-electron chi connectivity index (χ2n) is 4.61. The van der Waals surface area contributed by atoms with Crippen molar-refractivity contribution in [3.63, 3.8) is 0 Å². The van der Waals surface area contributed by atoms with Gasteiger partial charge in [-0.2, -0.15) is 0 Å². The minimum atomic E-state index is -3.25. The lowest BCUT2D eigenvalue weighted by molar-refractivity contribution is 0.00360. The van der Waals surface area contributed by atoms with Gasteiger partial charge in [0.1, 0.15) is 0 Å². The van der Waals surface area contributed by atoms with Crippen LogP contribution in [-0.4, -0.2) is 52.2 Å². The molecule has 1 heterocycles. The second-order valence-corrected chi connectivity index (χ2v) is 6.63. The van der Waals surface area contributed by atoms with E-state index in [0.29, 0.717) is 25.4 Å². The van der Waals surface area contributed by atoms with E-state index in [1.807, 2.05) is 4.90 Å². The number of nitrogens with two attached hydrogens (primary N) is 1. The Balaban J connectivity index is 2.26. The fourth-order valence-corrected chi connectivity index (χ4v) is 2.76. The molecule has 6 nitrogen and oxygen atoms in total. The van der Waals surface area contributed by atoms with Crippen LogP contribution in [0.25, 0.3) is 0 Å². The second kappa shape index (κ2) is 5.36. The molecule has 1 aromatic rings. The van der Waals surface area contributed by atoms with Gasteiger partial charge in [0.05, 0.1) is 35.6 Å². The summed E-state index contributed by atoms with van der Waals surface area (Å²) >= 11 is 0. The molecule has 0 aromatic heterocycles. The number of anilines is 2. The van der Waals surface area contributed by atoms with E-state index in [1.165, 1.54) is 6.07 Å². The number of morpholine rings is 1. The topological polar surface area (TPSA) is 92.9 Å². The van der Waals surface area contributed by atoms with Gasteiger partial charge in [-0.15, -0.1) is 0 Å². The molecule has 2 rings (SSSR count). The van der Waals surface area contributed by atoms with Crippen LogP contribution in [-0.2, 0) is 14.6 Å². The van der Waals surface area contributed by atoms with Crippen molar-refractivity contribution in [2.75, 3.05) is 43.2 Å². The van der Waals surface area contributed by atoms with Gasteiger partial charge in [-0.05, 0) is 18.2 Å². The molecule has 19 heavy (non-hydrogen) atoms. The molecule has 1 aromatic carbocycles. The monoisotopic (exact) mass is 286 g/mol. The Labute approximate surface area is 112 Å². The fourth-order valence-electron chi connectivity index (χ4n) is 2.10. The van der Waals surface area contributed by atoms with E-state index >= 15 is 0 Å². The summed E-state index contributed by atoms with van der Waals surface area (Å²) in [7, 11) is -3.25. The van der Waals surface area contributed by atoms with E-state index in [-0.39, 0.29) is 17.6 Å². The molecular weight excluding hydrogens is 268 g/mol. The van der Waals surface area contributed by atoms with Gasteiger partial charge >= 0.3 is 0 Å². The van der Waals surface area contributed by atoms with Crippen molar-refractivity contribution in [3.05, 3.63) is 18.2 Å². The summed E-state index contributed by atoms with van der Waals surface area (Å²) in [6, 6.07) is 4.71. The normalized spacial score (nSPS) is 20.5. The lowest BCUT2D eigenvalue weighted by atomic mass is 10.2. The van der Waals surface area contributed by atoms with Gasteiger partial charge in [-0.25, -0.2) is 8.42 Å². The van der Waals surface area contributed by atoms with Crippen LogP contribution in [0.3, 0.4) is 0 Å². The van der Waals surface area contributed by atoms with E-state index in [0.717, 1.165) is 11.9 Å². The third kappa shape index (κ3) is 3.17. The van der Waals surface area contributed by atoms with Crippen LogP contribution in [0.4, 0.5) is 11.4 Å². The van der Waals surface area contributed by atoms with E-state index in [9.17, 15) is 8.42 Å². The third-order valence-corrected chi connectivity index (χ3v) is 4.22. The number of ether oxygens (including phenoxy) is 1. The fraction of sp³-hybridized carbons (Fsp3) is 0.500. The van der Waals surface area contributed by atoms with Crippen molar-refractivity contribution in [1.29, 1.82) is 0 Å². The first-order valence-corrected chi connectivity index (χ1v) is 7.88. The molecule has 1 aliphatic rings. The summed E-state index contributed by atoms with van der Waals surface area (Å²) in [5.74, 6) is 0. The molecule has 0 spiro atoms. The number of rotatable bonds is 3.